The highest BCUT2D eigenvalue weighted by molar-refractivity contribution is 5.89. The molecular weight excluding hydrogens is 492 g/mol. The fraction of sp³-hybridized carbons (Fsp3) is 0.429. The molecule has 1 fully saturated rings. The van der Waals surface area contributed by atoms with Gasteiger partial charge < -0.3 is 39.4 Å². The number of aromatic nitrogens is 1. The summed E-state index contributed by atoms with van der Waals surface area (Å²) in [4.78, 5) is 30.5. The minimum atomic E-state index is -1.46. The number of carbonyl (C=O) groups is 2. The third-order valence-electron chi connectivity index (χ3n) is 7.70. The lowest BCUT2D eigenvalue weighted by molar-refractivity contribution is -0.218. The molecule has 202 valence electrons. The van der Waals surface area contributed by atoms with Gasteiger partial charge in [0.1, 0.15) is 18.3 Å². The molecule has 0 saturated carbocycles. The second-order valence-corrected chi connectivity index (χ2v) is 9.82. The van der Waals surface area contributed by atoms with E-state index < -0.39 is 54.5 Å². The Labute approximate surface area is 219 Å². The normalized spacial score (nSPS) is 28.8. The number of fused-ring (bicyclic) bond motifs is 2. The molecular formula is C28H32N2O8. The number of methoxy groups -OCH3 is 2. The number of nitrogens with zero attached hydrogens (tertiary/aromatic N) is 1. The van der Waals surface area contributed by atoms with Crippen LogP contribution >= 0.6 is 0 Å². The number of hydrogen-bond acceptors (Lipinski definition) is 9. The van der Waals surface area contributed by atoms with E-state index in [9.17, 15) is 24.9 Å². The number of hydrogen-bond donors (Lipinski definition) is 4. The van der Waals surface area contributed by atoms with Crippen molar-refractivity contribution in [2.45, 2.75) is 62.4 Å². The molecule has 0 bridgehead atoms. The largest absolute Gasteiger partial charge is 0.469 e. The molecule has 10 heteroatoms. The van der Waals surface area contributed by atoms with Gasteiger partial charge in [0.2, 0.25) is 0 Å². The second-order valence-electron chi connectivity index (χ2n) is 9.82. The van der Waals surface area contributed by atoms with Gasteiger partial charge >= 0.3 is 11.9 Å². The monoisotopic (exact) mass is 524 g/mol. The molecule has 2 aliphatic rings. The van der Waals surface area contributed by atoms with Crippen molar-refractivity contribution >= 4 is 28.5 Å². The zero-order valence-electron chi connectivity index (χ0n) is 21.4. The van der Waals surface area contributed by atoms with Crippen molar-refractivity contribution in [1.82, 2.24) is 4.98 Å². The van der Waals surface area contributed by atoms with Crippen molar-refractivity contribution in [2.75, 3.05) is 19.1 Å². The van der Waals surface area contributed by atoms with E-state index in [1.54, 1.807) is 6.92 Å². The molecule has 2 aliphatic heterocycles. The Morgan fingerprint density at radius 1 is 0.947 bits per heavy atom. The number of esters is 2. The molecule has 2 aromatic carbocycles. The van der Waals surface area contributed by atoms with Gasteiger partial charge in [-0.05, 0) is 30.2 Å². The summed E-state index contributed by atoms with van der Waals surface area (Å²) in [7, 11) is 2.66. The van der Waals surface area contributed by atoms with E-state index in [1.165, 1.54) is 14.2 Å². The number of carbonyl (C=O) groups excluding carboxylic acids is 2. The maximum atomic E-state index is 12.7. The Balaban J connectivity index is 1.73. The SMILES string of the molecule is COC(=O)Cc1c([C@H]2[C@H](CC(=O)OC)c3ccccc3N2[C@H]2O[C@@H](C)[C@@H](O)[C@@H](O)[C@@H]2O)[nH]c2ccccc12. The number of rotatable bonds is 6. The Kier molecular flexibility index (Phi) is 7.15. The molecule has 3 heterocycles. The van der Waals surface area contributed by atoms with Crippen molar-refractivity contribution in [3.63, 3.8) is 0 Å². The molecule has 0 aliphatic carbocycles. The van der Waals surface area contributed by atoms with Crippen molar-refractivity contribution in [3.05, 3.63) is 65.4 Å². The van der Waals surface area contributed by atoms with Crippen LogP contribution in [0.2, 0.25) is 0 Å². The Morgan fingerprint density at radius 2 is 1.63 bits per heavy atom. The van der Waals surface area contributed by atoms with E-state index in [1.807, 2.05) is 53.4 Å². The summed E-state index contributed by atoms with van der Waals surface area (Å²) in [6.07, 6.45) is -6.02. The predicted molar refractivity (Wildman–Crippen MR) is 137 cm³/mol. The first-order chi connectivity index (χ1) is 18.3. The van der Waals surface area contributed by atoms with E-state index in [0.717, 1.165) is 16.5 Å². The fourth-order valence-electron chi connectivity index (χ4n) is 5.81. The van der Waals surface area contributed by atoms with Crippen molar-refractivity contribution in [1.29, 1.82) is 0 Å². The Bertz CT molecular complexity index is 1340. The second kappa shape index (κ2) is 10.4. The number of anilines is 1. The summed E-state index contributed by atoms with van der Waals surface area (Å²) < 4.78 is 16.1. The Morgan fingerprint density at radius 3 is 2.37 bits per heavy atom. The highest BCUT2D eigenvalue weighted by Gasteiger charge is 2.52. The number of para-hydroxylation sites is 2. The van der Waals surface area contributed by atoms with Crippen LogP contribution in [0.3, 0.4) is 0 Å². The molecule has 1 aromatic heterocycles. The van der Waals surface area contributed by atoms with E-state index >= 15 is 0 Å². The Hall–Kier alpha value is -3.44. The van der Waals surface area contributed by atoms with Crippen LogP contribution in [0.4, 0.5) is 5.69 Å². The maximum absolute atomic E-state index is 12.7. The predicted octanol–water partition coefficient (Wildman–Crippen LogP) is 1.92. The molecule has 10 nitrogen and oxygen atoms in total. The highest BCUT2D eigenvalue weighted by atomic mass is 16.6. The van der Waals surface area contributed by atoms with Crippen LogP contribution in [0.15, 0.2) is 48.5 Å². The lowest BCUT2D eigenvalue weighted by atomic mass is 9.87. The molecule has 0 unspecified atom stereocenters. The van der Waals surface area contributed by atoms with E-state index in [2.05, 4.69) is 4.98 Å². The van der Waals surface area contributed by atoms with Crippen molar-refractivity contribution < 1.29 is 39.1 Å². The van der Waals surface area contributed by atoms with Crippen LogP contribution < -0.4 is 4.90 Å². The third kappa shape index (κ3) is 4.33. The number of ether oxygens (including phenoxy) is 3. The molecule has 0 radical (unpaired) electrons. The van der Waals surface area contributed by atoms with Crippen LogP contribution in [0, 0.1) is 0 Å². The van der Waals surface area contributed by atoms with Crippen LogP contribution in [0.25, 0.3) is 10.9 Å². The molecule has 5 rings (SSSR count). The van der Waals surface area contributed by atoms with Crippen LogP contribution in [-0.2, 0) is 30.2 Å². The molecule has 3 aromatic rings. The van der Waals surface area contributed by atoms with Crippen LogP contribution in [0.5, 0.6) is 0 Å². The van der Waals surface area contributed by atoms with Crippen LogP contribution in [0.1, 0.15) is 42.1 Å². The number of aliphatic hydroxyl groups is 3. The van der Waals surface area contributed by atoms with Gasteiger partial charge in [-0.3, -0.25) is 9.59 Å². The average molecular weight is 525 g/mol. The maximum Gasteiger partial charge on any atom is 0.310 e. The van der Waals surface area contributed by atoms with Gasteiger partial charge in [-0.25, -0.2) is 0 Å². The first-order valence-corrected chi connectivity index (χ1v) is 12.6. The summed E-state index contributed by atoms with van der Waals surface area (Å²) in [5.74, 6) is -1.29. The van der Waals surface area contributed by atoms with Gasteiger partial charge in [0, 0.05) is 28.2 Å². The molecule has 1 saturated heterocycles. The number of aromatic amines is 1. The average Bonchev–Trinajstić information content (AvgIpc) is 3.44. The van der Waals surface area contributed by atoms with Crippen molar-refractivity contribution in [3.8, 4) is 0 Å². The molecule has 38 heavy (non-hydrogen) atoms. The summed E-state index contributed by atoms with van der Waals surface area (Å²) in [5.41, 5.74) is 3.68. The molecule has 0 amide bonds. The van der Waals surface area contributed by atoms with E-state index in [4.69, 9.17) is 14.2 Å². The van der Waals surface area contributed by atoms with Crippen LogP contribution in [-0.4, -0.2) is 77.1 Å². The first kappa shape index (κ1) is 26.2. The number of aliphatic hydroxyl groups excluding tert-OH is 3. The van der Waals surface area contributed by atoms with Gasteiger partial charge in [0.15, 0.2) is 6.23 Å². The standard InChI is InChI=1S/C28H32N2O8/c1-14-25(33)26(34)27(35)28(38-14)30-20-11-7-5-9-16(20)18(13-22(32)37-3)24(30)23-17(12-21(31)36-2)15-8-4-6-10-19(15)29-23/h4-11,14,18,24-29,33-35H,12-13H2,1-3H3/t14-,18+,24+,25+,26+,27-,28-/m0/s1. The number of benzene rings is 2. The summed E-state index contributed by atoms with van der Waals surface area (Å²) >= 11 is 0. The van der Waals surface area contributed by atoms with Gasteiger partial charge in [0.25, 0.3) is 0 Å². The van der Waals surface area contributed by atoms with E-state index in [0.29, 0.717) is 16.9 Å². The van der Waals surface area contributed by atoms with Gasteiger partial charge in [0.05, 0.1) is 39.2 Å². The lowest BCUT2D eigenvalue weighted by Gasteiger charge is -2.46. The number of nitrogens with one attached hydrogen (secondary N) is 1. The summed E-state index contributed by atoms with van der Waals surface area (Å²) in [5, 5.41) is 33.0. The number of H-pyrrole nitrogens is 1. The minimum absolute atomic E-state index is 0.0191. The van der Waals surface area contributed by atoms with Gasteiger partial charge in [-0.1, -0.05) is 36.4 Å². The molecule has 7 atom stereocenters. The minimum Gasteiger partial charge on any atom is -0.469 e. The fourth-order valence-corrected chi connectivity index (χ4v) is 5.81. The topological polar surface area (TPSA) is 142 Å². The van der Waals surface area contributed by atoms with E-state index in [-0.39, 0.29) is 12.8 Å². The van der Waals surface area contributed by atoms with Crippen molar-refractivity contribution in [2.24, 2.45) is 0 Å². The highest BCUT2D eigenvalue weighted by Crippen LogP contribution is 2.53. The quantitative estimate of drug-likeness (QED) is 0.356. The summed E-state index contributed by atoms with van der Waals surface area (Å²) in [6, 6.07) is 14.4. The smallest absolute Gasteiger partial charge is 0.310 e. The zero-order chi connectivity index (χ0) is 27.1. The zero-order valence-corrected chi connectivity index (χ0v) is 21.4. The summed E-state index contributed by atoms with van der Waals surface area (Å²) in [6.45, 7) is 1.63. The molecule has 4 N–H and O–H groups in total. The van der Waals surface area contributed by atoms with Gasteiger partial charge in [-0.2, -0.15) is 0 Å². The van der Waals surface area contributed by atoms with Gasteiger partial charge in [-0.15, -0.1) is 0 Å². The molecule has 0 spiro atoms. The first-order valence-electron chi connectivity index (χ1n) is 12.6. The third-order valence-corrected chi connectivity index (χ3v) is 7.70. The lowest BCUT2D eigenvalue weighted by Crippen LogP contribution is -2.62.